The molecule has 1 amide bonds. The Hall–Kier alpha value is -2.54. The van der Waals surface area contributed by atoms with Crippen molar-refractivity contribution in [2.75, 3.05) is 6.54 Å². The fourth-order valence-corrected chi connectivity index (χ4v) is 2.22. The molecule has 8 heteroatoms. The van der Waals surface area contributed by atoms with Crippen LogP contribution in [0, 0.1) is 0 Å². The number of aromatic nitrogens is 3. The van der Waals surface area contributed by atoms with E-state index in [1.165, 1.54) is 12.3 Å². The molecule has 0 aliphatic rings. The van der Waals surface area contributed by atoms with Gasteiger partial charge < -0.3 is 5.32 Å². The molecule has 1 N–H and O–H groups in total. The highest BCUT2D eigenvalue weighted by atomic mass is 35.5. The summed E-state index contributed by atoms with van der Waals surface area (Å²) in [7, 11) is 0. The van der Waals surface area contributed by atoms with Gasteiger partial charge >= 0.3 is 0 Å². The second-order valence-electron chi connectivity index (χ2n) is 4.78. The van der Waals surface area contributed by atoms with Crippen molar-refractivity contribution in [3.63, 3.8) is 0 Å². The van der Waals surface area contributed by atoms with E-state index in [-0.39, 0.29) is 5.56 Å². The van der Waals surface area contributed by atoms with Crippen LogP contribution >= 0.6 is 11.6 Å². The Morgan fingerprint density at radius 3 is 2.61 bits per heavy atom. The van der Waals surface area contributed by atoms with Crippen LogP contribution in [0.15, 0.2) is 42.6 Å². The first-order valence-electron chi connectivity index (χ1n) is 6.71. The molecule has 3 aromatic rings. The van der Waals surface area contributed by atoms with Gasteiger partial charge in [-0.3, -0.25) is 9.20 Å². The Morgan fingerprint density at radius 2 is 1.91 bits per heavy atom. The van der Waals surface area contributed by atoms with Crippen LogP contribution in [0.25, 0.3) is 17.0 Å². The standard InChI is InChI=1S/C15H11ClF2N4O/c16-11-4-1-9(2-5-11)14-21-20-13-6-3-10(8-22(13)14)15(23)19-7-12(17)18/h1-6,8,12H,7H2,(H,19,23). The summed E-state index contributed by atoms with van der Waals surface area (Å²) in [5.41, 5.74) is 1.56. The summed E-state index contributed by atoms with van der Waals surface area (Å²) in [6, 6.07) is 10.1. The van der Waals surface area contributed by atoms with Crippen LogP contribution in [0.2, 0.25) is 5.02 Å². The van der Waals surface area contributed by atoms with Crippen molar-refractivity contribution >= 4 is 23.2 Å². The summed E-state index contributed by atoms with van der Waals surface area (Å²) >= 11 is 5.86. The number of benzene rings is 1. The van der Waals surface area contributed by atoms with Crippen molar-refractivity contribution in [1.29, 1.82) is 0 Å². The highest BCUT2D eigenvalue weighted by Gasteiger charge is 2.13. The van der Waals surface area contributed by atoms with Gasteiger partial charge in [0.15, 0.2) is 11.5 Å². The lowest BCUT2D eigenvalue weighted by Gasteiger charge is -2.06. The normalized spacial score (nSPS) is 11.1. The molecule has 1 aromatic carbocycles. The Labute approximate surface area is 134 Å². The van der Waals surface area contributed by atoms with E-state index in [9.17, 15) is 13.6 Å². The minimum absolute atomic E-state index is 0.244. The SMILES string of the molecule is O=C(NCC(F)F)c1ccc2nnc(-c3ccc(Cl)cc3)n2c1. The number of carbonyl (C=O) groups is 1. The van der Waals surface area contributed by atoms with Crippen LogP contribution in [0.4, 0.5) is 8.78 Å². The maximum atomic E-state index is 12.2. The van der Waals surface area contributed by atoms with E-state index < -0.39 is 18.9 Å². The van der Waals surface area contributed by atoms with Gasteiger partial charge in [-0.05, 0) is 36.4 Å². The molecule has 0 bridgehead atoms. The molecule has 0 aliphatic carbocycles. The molecule has 23 heavy (non-hydrogen) atoms. The summed E-state index contributed by atoms with van der Waals surface area (Å²) in [4.78, 5) is 11.9. The lowest BCUT2D eigenvalue weighted by Crippen LogP contribution is -2.28. The third kappa shape index (κ3) is 3.29. The lowest BCUT2D eigenvalue weighted by atomic mass is 10.2. The lowest BCUT2D eigenvalue weighted by molar-refractivity contribution is 0.0891. The third-order valence-corrected chi connectivity index (χ3v) is 3.44. The first-order valence-corrected chi connectivity index (χ1v) is 7.09. The van der Waals surface area contributed by atoms with Gasteiger partial charge in [-0.1, -0.05) is 11.6 Å². The van der Waals surface area contributed by atoms with Gasteiger partial charge in [0.2, 0.25) is 0 Å². The number of pyridine rings is 1. The minimum Gasteiger partial charge on any atom is -0.346 e. The molecular formula is C15H11ClF2N4O. The van der Waals surface area contributed by atoms with Gasteiger partial charge in [0.25, 0.3) is 12.3 Å². The second kappa shape index (κ2) is 6.29. The van der Waals surface area contributed by atoms with Gasteiger partial charge in [0, 0.05) is 16.8 Å². The third-order valence-electron chi connectivity index (χ3n) is 3.18. The average Bonchev–Trinajstić information content (AvgIpc) is 2.96. The largest absolute Gasteiger partial charge is 0.346 e. The molecule has 0 saturated carbocycles. The number of hydrogen-bond acceptors (Lipinski definition) is 3. The Kier molecular flexibility index (Phi) is 4.20. The summed E-state index contributed by atoms with van der Waals surface area (Å²) in [6.45, 7) is -0.691. The summed E-state index contributed by atoms with van der Waals surface area (Å²) < 4.78 is 26.0. The fraction of sp³-hybridized carbons (Fsp3) is 0.133. The Balaban J connectivity index is 1.97. The fourth-order valence-electron chi connectivity index (χ4n) is 2.09. The average molecular weight is 337 g/mol. The summed E-state index contributed by atoms with van der Waals surface area (Å²) in [6.07, 6.45) is -1.08. The first kappa shape index (κ1) is 15.4. The molecule has 0 fully saturated rings. The molecule has 0 spiro atoms. The van der Waals surface area contributed by atoms with E-state index in [1.54, 1.807) is 34.7 Å². The maximum absolute atomic E-state index is 12.2. The predicted molar refractivity (Wildman–Crippen MR) is 81.8 cm³/mol. The van der Waals surface area contributed by atoms with E-state index in [0.717, 1.165) is 5.56 Å². The molecule has 0 aliphatic heterocycles. The number of nitrogens with one attached hydrogen (secondary N) is 1. The van der Waals surface area contributed by atoms with Crippen molar-refractivity contribution in [2.24, 2.45) is 0 Å². The van der Waals surface area contributed by atoms with Crippen LogP contribution in [0.1, 0.15) is 10.4 Å². The molecule has 2 heterocycles. The van der Waals surface area contributed by atoms with Gasteiger partial charge in [0.1, 0.15) is 0 Å². The molecule has 0 unspecified atom stereocenters. The number of amides is 1. The van der Waals surface area contributed by atoms with Crippen LogP contribution in [-0.4, -0.2) is 33.5 Å². The highest BCUT2D eigenvalue weighted by Crippen LogP contribution is 2.21. The van der Waals surface area contributed by atoms with Gasteiger partial charge in [-0.2, -0.15) is 0 Å². The number of halogens is 3. The second-order valence-corrected chi connectivity index (χ2v) is 5.21. The molecule has 118 valence electrons. The van der Waals surface area contributed by atoms with Gasteiger partial charge in [0.05, 0.1) is 12.1 Å². The first-order chi connectivity index (χ1) is 11.0. The van der Waals surface area contributed by atoms with Crippen LogP contribution < -0.4 is 5.32 Å². The molecular weight excluding hydrogens is 326 g/mol. The predicted octanol–water partition coefficient (Wildman–Crippen LogP) is 3.04. The molecule has 0 radical (unpaired) electrons. The van der Waals surface area contributed by atoms with E-state index in [4.69, 9.17) is 11.6 Å². The topological polar surface area (TPSA) is 59.3 Å². The Morgan fingerprint density at radius 1 is 1.17 bits per heavy atom. The maximum Gasteiger partial charge on any atom is 0.255 e. The Bertz CT molecular complexity index is 848. The van der Waals surface area contributed by atoms with Crippen LogP contribution in [0.5, 0.6) is 0 Å². The van der Waals surface area contributed by atoms with E-state index in [1.807, 2.05) is 0 Å². The summed E-state index contributed by atoms with van der Waals surface area (Å²) in [5.74, 6) is -0.0527. The minimum atomic E-state index is -2.60. The monoisotopic (exact) mass is 336 g/mol. The van der Waals surface area contributed by atoms with E-state index >= 15 is 0 Å². The van der Waals surface area contributed by atoms with Crippen LogP contribution in [-0.2, 0) is 0 Å². The quantitative estimate of drug-likeness (QED) is 0.796. The van der Waals surface area contributed by atoms with Crippen molar-refractivity contribution < 1.29 is 13.6 Å². The highest BCUT2D eigenvalue weighted by molar-refractivity contribution is 6.30. The van der Waals surface area contributed by atoms with Crippen molar-refractivity contribution in [3.8, 4) is 11.4 Å². The van der Waals surface area contributed by atoms with E-state index in [2.05, 4.69) is 15.5 Å². The number of rotatable bonds is 4. The number of carbonyl (C=O) groups excluding carboxylic acids is 1. The van der Waals surface area contributed by atoms with Crippen molar-refractivity contribution in [3.05, 3.63) is 53.2 Å². The molecule has 2 aromatic heterocycles. The molecule has 0 atom stereocenters. The number of hydrogen-bond donors (Lipinski definition) is 1. The van der Waals surface area contributed by atoms with Gasteiger partial charge in [-0.15, -0.1) is 10.2 Å². The number of fused-ring (bicyclic) bond motifs is 1. The zero-order valence-electron chi connectivity index (χ0n) is 11.7. The number of alkyl halides is 2. The van der Waals surface area contributed by atoms with Crippen molar-refractivity contribution in [2.45, 2.75) is 6.43 Å². The smallest absolute Gasteiger partial charge is 0.255 e. The van der Waals surface area contributed by atoms with Crippen LogP contribution in [0.3, 0.4) is 0 Å². The van der Waals surface area contributed by atoms with Crippen molar-refractivity contribution in [1.82, 2.24) is 19.9 Å². The number of nitrogens with zero attached hydrogens (tertiary/aromatic N) is 3. The molecule has 5 nitrogen and oxygen atoms in total. The van der Waals surface area contributed by atoms with E-state index in [0.29, 0.717) is 16.5 Å². The summed E-state index contributed by atoms with van der Waals surface area (Å²) in [5, 5.41) is 10.9. The van der Waals surface area contributed by atoms with Gasteiger partial charge in [-0.25, -0.2) is 8.78 Å². The zero-order valence-corrected chi connectivity index (χ0v) is 12.5. The zero-order chi connectivity index (χ0) is 16.4. The molecule has 0 saturated heterocycles. The molecule has 3 rings (SSSR count).